The van der Waals surface area contributed by atoms with Gasteiger partial charge in [-0.3, -0.25) is 0 Å². The number of hydrogen-bond donors (Lipinski definition) is 2. The molecule has 0 fully saturated rings. The number of phenols is 1. The number of hydrogen-bond acceptors (Lipinski definition) is 4. The van der Waals surface area contributed by atoms with E-state index in [2.05, 4.69) is 10.2 Å². The van der Waals surface area contributed by atoms with Gasteiger partial charge in [-0.1, -0.05) is 18.2 Å². The average molecular weight is 240 g/mol. The van der Waals surface area contributed by atoms with Crippen molar-refractivity contribution >= 4 is 11.0 Å². The van der Waals surface area contributed by atoms with E-state index in [1.54, 1.807) is 18.2 Å². The van der Waals surface area contributed by atoms with Crippen molar-refractivity contribution in [1.82, 2.24) is 15.0 Å². The highest BCUT2D eigenvalue weighted by Gasteiger charge is 2.08. The van der Waals surface area contributed by atoms with Gasteiger partial charge in [-0.05, 0) is 29.8 Å². The molecule has 1 heterocycles. The summed E-state index contributed by atoms with van der Waals surface area (Å²) in [6.07, 6.45) is 0. The Balaban J connectivity index is 2.19. The van der Waals surface area contributed by atoms with Crippen LogP contribution in [-0.2, 0) is 6.54 Å². The molecule has 1 aromatic heterocycles. The van der Waals surface area contributed by atoms with Gasteiger partial charge in [0.25, 0.3) is 0 Å². The Morgan fingerprint density at radius 2 is 1.72 bits per heavy atom. The highest BCUT2D eigenvalue weighted by Crippen LogP contribution is 2.22. The summed E-state index contributed by atoms with van der Waals surface area (Å²) in [7, 11) is 0. The van der Waals surface area contributed by atoms with Crippen LogP contribution in [0.1, 0.15) is 5.56 Å². The first kappa shape index (κ1) is 10.7. The summed E-state index contributed by atoms with van der Waals surface area (Å²) >= 11 is 0. The van der Waals surface area contributed by atoms with Crippen LogP contribution in [0.25, 0.3) is 16.7 Å². The van der Waals surface area contributed by atoms with Crippen molar-refractivity contribution in [2.24, 2.45) is 5.73 Å². The topological polar surface area (TPSA) is 77.0 Å². The molecule has 5 nitrogen and oxygen atoms in total. The van der Waals surface area contributed by atoms with Crippen LogP contribution in [-0.4, -0.2) is 20.1 Å². The number of nitrogens with two attached hydrogens (primary N) is 1. The first-order valence-electron chi connectivity index (χ1n) is 5.62. The van der Waals surface area contributed by atoms with Crippen LogP contribution in [0.15, 0.2) is 42.5 Å². The molecule has 5 heteroatoms. The minimum atomic E-state index is 0.132. The van der Waals surface area contributed by atoms with Crippen LogP contribution in [0.5, 0.6) is 5.75 Å². The summed E-state index contributed by atoms with van der Waals surface area (Å²) in [6.45, 7) is 0.411. The van der Waals surface area contributed by atoms with Crippen LogP contribution in [0.4, 0.5) is 0 Å². The molecule has 0 saturated heterocycles. The van der Waals surface area contributed by atoms with Crippen LogP contribution in [0.3, 0.4) is 0 Å². The lowest BCUT2D eigenvalue weighted by molar-refractivity contribution is 0.467. The zero-order valence-corrected chi connectivity index (χ0v) is 9.61. The normalized spacial score (nSPS) is 10.9. The fourth-order valence-electron chi connectivity index (χ4n) is 1.82. The quantitative estimate of drug-likeness (QED) is 0.713. The van der Waals surface area contributed by atoms with Gasteiger partial charge in [-0.2, -0.15) is 0 Å². The maximum Gasteiger partial charge on any atom is 0.143 e. The monoisotopic (exact) mass is 240 g/mol. The van der Waals surface area contributed by atoms with Gasteiger partial charge in [0.2, 0.25) is 0 Å². The maximum absolute atomic E-state index is 9.87. The van der Waals surface area contributed by atoms with Crippen LogP contribution >= 0.6 is 0 Å². The number of aromatic hydroxyl groups is 1. The fraction of sp³-hybridized carbons (Fsp3) is 0.0769. The zero-order chi connectivity index (χ0) is 12.5. The molecule has 3 N–H and O–H groups in total. The van der Waals surface area contributed by atoms with E-state index in [9.17, 15) is 5.11 Å². The molecule has 3 aromatic rings. The van der Waals surface area contributed by atoms with Gasteiger partial charge in [0.15, 0.2) is 0 Å². The van der Waals surface area contributed by atoms with E-state index in [4.69, 9.17) is 5.73 Å². The largest absolute Gasteiger partial charge is 0.506 e. The van der Waals surface area contributed by atoms with E-state index in [1.165, 1.54) is 4.80 Å². The Bertz CT molecular complexity index is 672. The van der Waals surface area contributed by atoms with Crippen molar-refractivity contribution in [2.75, 3.05) is 0 Å². The predicted molar refractivity (Wildman–Crippen MR) is 68.4 cm³/mol. The minimum absolute atomic E-state index is 0.132. The smallest absolute Gasteiger partial charge is 0.143 e. The van der Waals surface area contributed by atoms with Crippen molar-refractivity contribution in [1.29, 1.82) is 0 Å². The van der Waals surface area contributed by atoms with Crippen LogP contribution in [0, 0.1) is 0 Å². The molecular formula is C13H12N4O. The number of phenolic OH excluding ortho intramolecular Hbond substituents is 1. The molecule has 0 amide bonds. The molecular weight excluding hydrogens is 228 g/mol. The van der Waals surface area contributed by atoms with Crippen molar-refractivity contribution in [3.05, 3.63) is 48.0 Å². The summed E-state index contributed by atoms with van der Waals surface area (Å²) in [4.78, 5) is 1.43. The Hall–Kier alpha value is -2.40. The van der Waals surface area contributed by atoms with Crippen molar-refractivity contribution < 1.29 is 5.11 Å². The molecule has 0 spiro atoms. The zero-order valence-electron chi connectivity index (χ0n) is 9.61. The van der Waals surface area contributed by atoms with E-state index in [0.29, 0.717) is 12.2 Å². The van der Waals surface area contributed by atoms with Gasteiger partial charge in [0.1, 0.15) is 22.5 Å². The molecule has 0 aliphatic heterocycles. The van der Waals surface area contributed by atoms with Crippen LogP contribution < -0.4 is 5.73 Å². The van der Waals surface area contributed by atoms with Gasteiger partial charge in [0.05, 0.1) is 0 Å². The fourth-order valence-corrected chi connectivity index (χ4v) is 1.82. The SMILES string of the molecule is NCc1ccc(O)c(-n2nc3ccccc3n2)c1. The third kappa shape index (κ3) is 1.70. The summed E-state index contributed by atoms with van der Waals surface area (Å²) in [5.74, 6) is 0.132. The van der Waals surface area contributed by atoms with E-state index < -0.39 is 0 Å². The molecule has 0 radical (unpaired) electrons. The van der Waals surface area contributed by atoms with Crippen LogP contribution in [0.2, 0.25) is 0 Å². The van der Waals surface area contributed by atoms with Gasteiger partial charge >= 0.3 is 0 Å². The number of nitrogens with zero attached hydrogens (tertiary/aromatic N) is 3. The number of aromatic nitrogens is 3. The molecule has 0 bridgehead atoms. The molecule has 2 aromatic carbocycles. The number of rotatable bonds is 2. The second-order valence-corrected chi connectivity index (χ2v) is 4.01. The standard InChI is InChI=1S/C13H12N4O/c14-8-9-5-6-13(18)12(7-9)17-15-10-3-1-2-4-11(10)16-17/h1-7,18H,8,14H2. The average Bonchev–Trinajstić information content (AvgIpc) is 2.82. The molecule has 18 heavy (non-hydrogen) atoms. The summed E-state index contributed by atoms with van der Waals surface area (Å²) in [5, 5.41) is 18.5. The highest BCUT2D eigenvalue weighted by atomic mass is 16.3. The summed E-state index contributed by atoms with van der Waals surface area (Å²) in [5.41, 5.74) is 8.62. The first-order valence-corrected chi connectivity index (χ1v) is 5.62. The lowest BCUT2D eigenvalue weighted by Gasteiger charge is -2.04. The molecule has 0 saturated carbocycles. The van der Waals surface area contributed by atoms with Crippen molar-refractivity contribution in [2.45, 2.75) is 6.54 Å². The van der Waals surface area contributed by atoms with Crippen molar-refractivity contribution in [3.63, 3.8) is 0 Å². The van der Waals surface area contributed by atoms with Gasteiger partial charge in [-0.15, -0.1) is 15.0 Å². The second kappa shape index (κ2) is 4.12. The maximum atomic E-state index is 9.87. The molecule has 3 rings (SSSR count). The van der Waals surface area contributed by atoms with Gasteiger partial charge in [0, 0.05) is 6.54 Å². The Morgan fingerprint density at radius 1 is 1.06 bits per heavy atom. The molecule has 0 unspecified atom stereocenters. The number of benzene rings is 2. The molecule has 0 atom stereocenters. The molecule has 0 aliphatic rings. The lowest BCUT2D eigenvalue weighted by Crippen LogP contribution is -2.02. The first-order chi connectivity index (χ1) is 8.78. The third-order valence-electron chi connectivity index (χ3n) is 2.78. The van der Waals surface area contributed by atoms with Gasteiger partial charge in [-0.25, -0.2) is 0 Å². The Morgan fingerprint density at radius 3 is 2.33 bits per heavy atom. The Labute approximate surface area is 103 Å². The molecule has 90 valence electrons. The van der Waals surface area contributed by atoms with E-state index in [1.807, 2.05) is 24.3 Å². The second-order valence-electron chi connectivity index (χ2n) is 4.01. The van der Waals surface area contributed by atoms with E-state index >= 15 is 0 Å². The van der Waals surface area contributed by atoms with E-state index in [0.717, 1.165) is 16.6 Å². The lowest BCUT2D eigenvalue weighted by atomic mass is 10.2. The highest BCUT2D eigenvalue weighted by molar-refractivity contribution is 5.73. The predicted octanol–water partition coefficient (Wildman–Crippen LogP) is 1.58. The summed E-state index contributed by atoms with van der Waals surface area (Å²) < 4.78 is 0. The van der Waals surface area contributed by atoms with Crippen molar-refractivity contribution in [3.8, 4) is 11.4 Å². The van der Waals surface area contributed by atoms with Gasteiger partial charge < -0.3 is 10.8 Å². The molecule has 0 aliphatic carbocycles. The number of fused-ring (bicyclic) bond motifs is 1. The minimum Gasteiger partial charge on any atom is -0.506 e. The van der Waals surface area contributed by atoms with E-state index in [-0.39, 0.29) is 5.75 Å². The third-order valence-corrected chi connectivity index (χ3v) is 2.78. The Kier molecular flexibility index (Phi) is 2.46. The summed E-state index contributed by atoms with van der Waals surface area (Å²) in [6, 6.07) is 12.7.